The Morgan fingerprint density at radius 2 is 1.78 bits per heavy atom. The van der Waals surface area contributed by atoms with Crippen molar-refractivity contribution in [2.45, 2.75) is 26.2 Å². The van der Waals surface area contributed by atoms with Gasteiger partial charge >= 0.3 is 0 Å². The van der Waals surface area contributed by atoms with E-state index in [1.54, 1.807) is 18.2 Å². The van der Waals surface area contributed by atoms with Gasteiger partial charge in [0.05, 0.1) is 18.1 Å². The fourth-order valence-corrected chi connectivity index (χ4v) is 2.55. The molecule has 0 fully saturated rings. The number of thiocarbonyl (C=S) groups is 1. The highest BCUT2D eigenvalue weighted by atomic mass is 32.1. The highest BCUT2D eigenvalue weighted by Gasteiger charge is 2.18. The van der Waals surface area contributed by atoms with E-state index in [1.807, 2.05) is 12.1 Å². The summed E-state index contributed by atoms with van der Waals surface area (Å²) >= 11 is 5.11. The normalized spacial score (nSPS) is 10.8. The largest absolute Gasteiger partial charge is 0.496 e. The number of benzene rings is 2. The number of nitrogens with one attached hydrogen (secondary N) is 2. The lowest BCUT2D eigenvalue weighted by Crippen LogP contribution is -2.34. The van der Waals surface area contributed by atoms with Gasteiger partial charge in [0, 0.05) is 5.56 Å². The highest BCUT2D eigenvalue weighted by Crippen LogP contribution is 2.29. The minimum absolute atomic E-state index is 0.0147. The molecule has 2 aromatic rings. The van der Waals surface area contributed by atoms with Crippen LogP contribution in [0.15, 0.2) is 42.5 Å². The van der Waals surface area contributed by atoms with Crippen molar-refractivity contribution in [2.75, 3.05) is 12.4 Å². The average Bonchev–Trinajstić information content (AvgIpc) is 2.61. The van der Waals surface area contributed by atoms with Gasteiger partial charge in [-0.15, -0.1) is 0 Å². The molecule has 2 N–H and O–H groups in total. The summed E-state index contributed by atoms with van der Waals surface area (Å²) < 4.78 is 4.99. The minimum atomic E-state index is -0.555. The fraction of sp³-hybridized carbons (Fsp3) is 0.263. The zero-order valence-corrected chi connectivity index (χ0v) is 16.3. The Morgan fingerprint density at radius 3 is 2.30 bits per heavy atom. The number of nitro benzene ring substituents is 1. The minimum Gasteiger partial charge on any atom is -0.496 e. The average molecular weight is 387 g/mol. The first-order chi connectivity index (χ1) is 12.6. The lowest BCUT2D eigenvalue weighted by molar-refractivity contribution is -0.384. The van der Waals surface area contributed by atoms with Crippen molar-refractivity contribution in [3.63, 3.8) is 0 Å². The van der Waals surface area contributed by atoms with Crippen LogP contribution in [0.25, 0.3) is 0 Å². The molecule has 2 aromatic carbocycles. The molecule has 0 saturated heterocycles. The molecule has 0 radical (unpaired) electrons. The third-order valence-corrected chi connectivity index (χ3v) is 4.09. The van der Waals surface area contributed by atoms with Gasteiger partial charge < -0.3 is 10.1 Å². The van der Waals surface area contributed by atoms with E-state index in [0.29, 0.717) is 11.3 Å². The molecule has 1 amide bonds. The predicted octanol–water partition coefficient (Wildman–Crippen LogP) is 4.03. The second-order valence-electron chi connectivity index (χ2n) is 6.88. The van der Waals surface area contributed by atoms with Crippen LogP contribution in [0, 0.1) is 10.1 Å². The van der Waals surface area contributed by atoms with Crippen molar-refractivity contribution in [3.05, 3.63) is 63.7 Å². The molecule has 142 valence electrons. The lowest BCUT2D eigenvalue weighted by Gasteiger charge is -2.19. The number of hydrogen-bond acceptors (Lipinski definition) is 5. The third-order valence-electron chi connectivity index (χ3n) is 3.89. The van der Waals surface area contributed by atoms with Crippen molar-refractivity contribution >= 4 is 34.6 Å². The van der Waals surface area contributed by atoms with E-state index >= 15 is 0 Å². The van der Waals surface area contributed by atoms with Crippen molar-refractivity contribution in [1.82, 2.24) is 5.32 Å². The third kappa shape index (κ3) is 5.24. The summed E-state index contributed by atoms with van der Waals surface area (Å²) in [6.07, 6.45) is 0. The van der Waals surface area contributed by atoms with Crippen LogP contribution >= 0.6 is 12.2 Å². The van der Waals surface area contributed by atoms with Crippen LogP contribution in [0.1, 0.15) is 36.7 Å². The Hall–Kier alpha value is -3.00. The Morgan fingerprint density at radius 1 is 1.15 bits per heavy atom. The van der Waals surface area contributed by atoms with Gasteiger partial charge in [0.25, 0.3) is 11.6 Å². The first kappa shape index (κ1) is 20.3. The molecule has 0 unspecified atom stereocenters. The molecule has 27 heavy (non-hydrogen) atoms. The Kier molecular flexibility index (Phi) is 6.12. The van der Waals surface area contributed by atoms with E-state index in [-0.39, 0.29) is 21.9 Å². The van der Waals surface area contributed by atoms with Crippen LogP contribution in [0.2, 0.25) is 0 Å². The lowest BCUT2D eigenvalue weighted by atomic mass is 9.87. The van der Waals surface area contributed by atoms with E-state index in [1.165, 1.54) is 19.2 Å². The summed E-state index contributed by atoms with van der Waals surface area (Å²) in [7, 11) is 1.42. The van der Waals surface area contributed by atoms with Crippen LogP contribution < -0.4 is 15.4 Å². The summed E-state index contributed by atoms with van der Waals surface area (Å²) in [5.41, 5.74) is 1.48. The number of methoxy groups -OCH3 is 1. The number of rotatable bonds is 4. The van der Waals surface area contributed by atoms with E-state index in [2.05, 4.69) is 31.4 Å². The summed E-state index contributed by atoms with van der Waals surface area (Å²) in [4.78, 5) is 23.0. The maximum Gasteiger partial charge on any atom is 0.296 e. The number of hydrogen-bond donors (Lipinski definition) is 2. The first-order valence-corrected chi connectivity index (χ1v) is 8.58. The molecule has 0 aromatic heterocycles. The molecule has 0 atom stereocenters. The maximum absolute atomic E-state index is 12.3. The highest BCUT2D eigenvalue weighted by molar-refractivity contribution is 7.80. The van der Waals surface area contributed by atoms with Crippen LogP contribution in [0.3, 0.4) is 0 Å². The number of nitrogens with zero attached hydrogens (tertiary/aromatic N) is 1. The molecule has 7 nitrogen and oxygen atoms in total. The van der Waals surface area contributed by atoms with Gasteiger partial charge in [0.2, 0.25) is 0 Å². The molecule has 2 rings (SSSR count). The van der Waals surface area contributed by atoms with Crippen LogP contribution in [0.5, 0.6) is 5.75 Å². The molecule has 0 saturated carbocycles. The molecule has 0 bridgehead atoms. The van der Waals surface area contributed by atoms with Crippen molar-refractivity contribution in [3.8, 4) is 5.75 Å². The molecule has 8 heteroatoms. The maximum atomic E-state index is 12.3. The monoisotopic (exact) mass is 387 g/mol. The summed E-state index contributed by atoms with van der Waals surface area (Å²) in [6.45, 7) is 6.26. The van der Waals surface area contributed by atoms with Crippen molar-refractivity contribution < 1.29 is 14.5 Å². The number of carbonyl (C=O) groups is 1. The van der Waals surface area contributed by atoms with E-state index in [4.69, 9.17) is 17.0 Å². The summed E-state index contributed by atoms with van der Waals surface area (Å²) in [5.74, 6) is -0.0507. The summed E-state index contributed by atoms with van der Waals surface area (Å²) in [6, 6.07) is 11.5. The van der Waals surface area contributed by atoms with Gasteiger partial charge in [-0.25, -0.2) is 0 Å². The van der Waals surface area contributed by atoms with E-state index < -0.39 is 10.8 Å². The Bertz CT molecular complexity index is 874. The van der Waals surface area contributed by atoms with Crippen LogP contribution in [-0.4, -0.2) is 23.1 Å². The molecule has 0 aliphatic heterocycles. The Labute approximate surface area is 162 Å². The Balaban J connectivity index is 2.09. The van der Waals surface area contributed by atoms with Crippen molar-refractivity contribution in [1.29, 1.82) is 0 Å². The summed E-state index contributed by atoms with van der Waals surface area (Å²) in [5, 5.41) is 16.4. The quantitative estimate of drug-likeness (QED) is 0.467. The number of anilines is 1. The molecule has 0 aliphatic carbocycles. The van der Waals surface area contributed by atoms with Crippen LogP contribution in [-0.2, 0) is 5.41 Å². The van der Waals surface area contributed by atoms with Gasteiger partial charge in [0.1, 0.15) is 11.4 Å². The number of amides is 1. The molecule has 0 heterocycles. The molecular formula is C19H21N3O4S. The van der Waals surface area contributed by atoms with E-state index in [0.717, 1.165) is 5.56 Å². The SMILES string of the molecule is COc1ccc(NC(=S)NC(=O)c2ccc(C(C)(C)C)cc2)c([N+](=O)[O-])c1. The second-order valence-corrected chi connectivity index (χ2v) is 7.28. The van der Waals surface area contributed by atoms with E-state index in [9.17, 15) is 14.9 Å². The number of nitro groups is 1. The van der Waals surface area contributed by atoms with Gasteiger partial charge in [-0.1, -0.05) is 32.9 Å². The van der Waals surface area contributed by atoms with Gasteiger partial charge in [-0.05, 0) is 47.5 Å². The van der Waals surface area contributed by atoms with Crippen molar-refractivity contribution in [2.24, 2.45) is 0 Å². The van der Waals surface area contributed by atoms with Crippen LogP contribution in [0.4, 0.5) is 11.4 Å². The second kappa shape index (κ2) is 8.13. The molecule has 0 spiro atoms. The number of ether oxygens (including phenoxy) is 1. The van der Waals surface area contributed by atoms with Gasteiger partial charge in [-0.3, -0.25) is 20.2 Å². The fourth-order valence-electron chi connectivity index (χ4n) is 2.35. The predicted molar refractivity (Wildman–Crippen MR) is 108 cm³/mol. The number of carbonyl (C=O) groups excluding carboxylic acids is 1. The van der Waals surface area contributed by atoms with Gasteiger partial charge in [0.15, 0.2) is 5.11 Å². The zero-order chi connectivity index (χ0) is 20.2. The standard InChI is InChI=1S/C19H21N3O4S/c1-19(2,3)13-7-5-12(6-8-13)17(23)21-18(27)20-15-10-9-14(26-4)11-16(15)22(24)25/h5-11H,1-4H3,(H2,20,21,23,27). The molecular weight excluding hydrogens is 366 g/mol. The zero-order valence-electron chi connectivity index (χ0n) is 15.5. The topological polar surface area (TPSA) is 93.5 Å². The molecule has 0 aliphatic rings. The van der Waals surface area contributed by atoms with Gasteiger partial charge in [-0.2, -0.15) is 0 Å². The smallest absolute Gasteiger partial charge is 0.296 e. The first-order valence-electron chi connectivity index (χ1n) is 8.17.